The van der Waals surface area contributed by atoms with Crippen molar-refractivity contribution in [3.8, 4) is 0 Å². The second-order valence-corrected chi connectivity index (χ2v) is 14.1. The van der Waals surface area contributed by atoms with E-state index in [0.717, 1.165) is 25.3 Å². The largest absolute Gasteiger partial charge is 0.510 e. The molecule has 284 valence electrons. The number of hydrogen-bond acceptors (Lipinski definition) is 8. The van der Waals surface area contributed by atoms with Crippen LogP contribution in [0.15, 0.2) is 11.8 Å². The summed E-state index contributed by atoms with van der Waals surface area (Å²) >= 11 is 0. The first kappa shape index (κ1) is 44.8. The molecule has 1 rings (SSSR count). The Balaban J connectivity index is 2.07. The summed E-state index contributed by atoms with van der Waals surface area (Å²) in [6.45, 7) is 3.46. The number of amides is 1. The summed E-state index contributed by atoms with van der Waals surface area (Å²) in [4.78, 5) is 12.7. The molecule has 1 aliphatic heterocycles. The Bertz CT molecular complexity index is 781. The van der Waals surface area contributed by atoms with Crippen LogP contribution in [0.2, 0.25) is 0 Å². The van der Waals surface area contributed by atoms with Crippen LogP contribution in [-0.4, -0.2) is 81.4 Å². The maximum absolute atomic E-state index is 12.7. The molecule has 9 heteroatoms. The summed E-state index contributed by atoms with van der Waals surface area (Å²) in [5, 5.41) is 53.1. The summed E-state index contributed by atoms with van der Waals surface area (Å²) in [5.74, 6) is -0.519. The fraction of sp³-hybridized carbons (Fsp3) is 0.923. The van der Waals surface area contributed by atoms with Crippen molar-refractivity contribution in [1.82, 2.24) is 5.32 Å². The van der Waals surface area contributed by atoms with Gasteiger partial charge in [-0.15, -0.1) is 0 Å². The minimum atomic E-state index is -1.28. The topological polar surface area (TPSA) is 149 Å². The maximum Gasteiger partial charge on any atom is 0.220 e. The first-order chi connectivity index (χ1) is 23.3. The lowest BCUT2D eigenvalue weighted by Gasteiger charge is -2.33. The highest BCUT2D eigenvalue weighted by Gasteiger charge is 2.34. The molecule has 0 aromatic carbocycles. The van der Waals surface area contributed by atoms with Gasteiger partial charge < -0.3 is 40.3 Å². The number of nitrogens with one attached hydrogen (secondary N) is 1. The minimum absolute atomic E-state index is 0.221. The first-order valence-electron chi connectivity index (χ1n) is 20.0. The summed E-state index contributed by atoms with van der Waals surface area (Å²) in [5.41, 5.74) is 0. The smallest absolute Gasteiger partial charge is 0.220 e. The second kappa shape index (κ2) is 30.6. The molecule has 1 heterocycles. The molecule has 0 saturated carbocycles. The zero-order chi connectivity index (χ0) is 35.2. The molecule has 0 spiro atoms. The number of ether oxygens (including phenoxy) is 2. The average Bonchev–Trinajstić information content (AvgIpc) is 3.07. The van der Waals surface area contributed by atoms with Crippen molar-refractivity contribution >= 4 is 5.91 Å². The Kier molecular flexibility index (Phi) is 28.5. The second-order valence-electron chi connectivity index (χ2n) is 14.1. The average molecular weight is 686 g/mol. The minimum Gasteiger partial charge on any atom is -0.510 e. The Morgan fingerprint density at radius 3 is 1.60 bits per heavy atom. The van der Waals surface area contributed by atoms with E-state index < -0.39 is 43.4 Å². The van der Waals surface area contributed by atoms with Gasteiger partial charge in [-0.1, -0.05) is 162 Å². The van der Waals surface area contributed by atoms with Crippen LogP contribution in [0.3, 0.4) is 0 Å². The van der Waals surface area contributed by atoms with E-state index in [9.17, 15) is 30.3 Å². The van der Waals surface area contributed by atoms with Crippen LogP contribution >= 0.6 is 0 Å². The molecule has 1 amide bonds. The summed E-state index contributed by atoms with van der Waals surface area (Å²) in [6, 6.07) is -0.911. The van der Waals surface area contributed by atoms with E-state index in [0.29, 0.717) is 19.3 Å². The fourth-order valence-corrected chi connectivity index (χ4v) is 6.46. The SMILES string of the molecule is CCCCCCCCCCCCCCCCCCCCCCCCCC(=O)N[C@@H](COC1OC(CO)C(O)=CC1O)[C@H](O)[C@H](O)CCC. The van der Waals surface area contributed by atoms with Gasteiger partial charge >= 0.3 is 0 Å². The Morgan fingerprint density at radius 2 is 1.19 bits per heavy atom. The number of aliphatic hydroxyl groups is 5. The van der Waals surface area contributed by atoms with Crippen molar-refractivity contribution in [3.05, 3.63) is 11.8 Å². The van der Waals surface area contributed by atoms with Gasteiger partial charge in [0, 0.05) is 6.42 Å². The van der Waals surface area contributed by atoms with Crippen LogP contribution in [0.1, 0.15) is 181 Å². The van der Waals surface area contributed by atoms with Crippen molar-refractivity contribution in [2.24, 2.45) is 0 Å². The van der Waals surface area contributed by atoms with Gasteiger partial charge in [-0.05, 0) is 18.9 Å². The van der Waals surface area contributed by atoms with Crippen LogP contribution < -0.4 is 5.32 Å². The van der Waals surface area contributed by atoms with E-state index in [1.54, 1.807) is 0 Å². The Morgan fingerprint density at radius 1 is 0.750 bits per heavy atom. The molecule has 0 saturated heterocycles. The van der Waals surface area contributed by atoms with Crippen molar-refractivity contribution in [3.63, 3.8) is 0 Å². The quantitative estimate of drug-likeness (QED) is 0.0382. The molecule has 0 aromatic rings. The zero-order valence-electron chi connectivity index (χ0n) is 30.8. The van der Waals surface area contributed by atoms with Gasteiger partial charge in [0.05, 0.1) is 25.4 Å². The van der Waals surface area contributed by atoms with Gasteiger partial charge in [0.2, 0.25) is 5.91 Å². The number of unbranched alkanes of at least 4 members (excludes halogenated alkanes) is 22. The summed E-state index contributed by atoms with van der Waals surface area (Å²) in [6.07, 6.45) is 27.0. The standard InChI is InChI=1S/C39H75NO8/c1-3-5-6-7-8-9-10-11-12-13-14-15-16-17-18-19-20-21-22-23-24-25-26-28-37(45)40-32(38(46)33(42)27-4-2)31-47-39-35(44)29-34(43)36(30-41)48-39/h29,32-33,35-36,38-39,41-44,46H,3-28,30-31H2,1-2H3,(H,40,45)/t32-,33+,35?,36?,38-,39?/m0/s1. The van der Waals surface area contributed by atoms with Crippen molar-refractivity contribution < 1.29 is 39.8 Å². The number of rotatable bonds is 33. The molecule has 3 unspecified atom stereocenters. The highest BCUT2D eigenvalue weighted by molar-refractivity contribution is 5.76. The van der Waals surface area contributed by atoms with Crippen LogP contribution in [0.5, 0.6) is 0 Å². The number of aliphatic hydroxyl groups excluding tert-OH is 5. The highest BCUT2D eigenvalue weighted by Crippen LogP contribution is 2.20. The lowest BCUT2D eigenvalue weighted by molar-refractivity contribution is -0.224. The van der Waals surface area contributed by atoms with Gasteiger partial charge in [-0.3, -0.25) is 4.79 Å². The van der Waals surface area contributed by atoms with Gasteiger partial charge in [-0.2, -0.15) is 0 Å². The van der Waals surface area contributed by atoms with Gasteiger partial charge in [0.15, 0.2) is 6.29 Å². The molecule has 9 nitrogen and oxygen atoms in total. The third-order valence-electron chi connectivity index (χ3n) is 9.60. The fourth-order valence-electron chi connectivity index (χ4n) is 6.46. The van der Waals surface area contributed by atoms with Crippen LogP contribution in [0, 0.1) is 0 Å². The van der Waals surface area contributed by atoms with Crippen LogP contribution in [0.25, 0.3) is 0 Å². The van der Waals surface area contributed by atoms with Crippen molar-refractivity contribution in [1.29, 1.82) is 0 Å². The van der Waals surface area contributed by atoms with Gasteiger partial charge in [0.25, 0.3) is 0 Å². The molecule has 48 heavy (non-hydrogen) atoms. The molecule has 6 atom stereocenters. The molecule has 0 aliphatic carbocycles. The zero-order valence-corrected chi connectivity index (χ0v) is 30.8. The predicted octanol–water partition coefficient (Wildman–Crippen LogP) is 7.91. The van der Waals surface area contributed by atoms with E-state index in [2.05, 4.69) is 12.2 Å². The molecule has 6 N–H and O–H groups in total. The third kappa shape index (κ3) is 22.5. The molecular weight excluding hydrogens is 610 g/mol. The number of hydrogen-bond donors (Lipinski definition) is 6. The number of carbonyl (C=O) groups is 1. The number of carbonyl (C=O) groups excluding carboxylic acids is 1. The van der Waals surface area contributed by atoms with Crippen molar-refractivity contribution in [2.75, 3.05) is 13.2 Å². The Labute approximate surface area is 293 Å². The van der Waals surface area contributed by atoms with Gasteiger partial charge in [0.1, 0.15) is 24.1 Å². The molecule has 0 radical (unpaired) electrons. The first-order valence-corrected chi connectivity index (χ1v) is 20.0. The third-order valence-corrected chi connectivity index (χ3v) is 9.60. The van der Waals surface area contributed by atoms with E-state index in [-0.39, 0.29) is 18.3 Å². The molecule has 0 aromatic heterocycles. The molecule has 1 aliphatic rings. The predicted molar refractivity (Wildman–Crippen MR) is 194 cm³/mol. The van der Waals surface area contributed by atoms with E-state index in [4.69, 9.17) is 9.47 Å². The summed E-state index contributed by atoms with van der Waals surface area (Å²) in [7, 11) is 0. The van der Waals surface area contributed by atoms with Crippen molar-refractivity contribution in [2.45, 2.75) is 218 Å². The van der Waals surface area contributed by atoms with Crippen LogP contribution in [0.4, 0.5) is 0 Å². The van der Waals surface area contributed by atoms with Crippen LogP contribution in [-0.2, 0) is 14.3 Å². The van der Waals surface area contributed by atoms with E-state index in [1.807, 2.05) is 6.92 Å². The van der Waals surface area contributed by atoms with E-state index in [1.165, 1.54) is 128 Å². The molecule has 0 fully saturated rings. The highest BCUT2D eigenvalue weighted by atomic mass is 16.7. The lowest BCUT2D eigenvalue weighted by atomic mass is 10.0. The normalized spacial score (nSPS) is 20.0. The van der Waals surface area contributed by atoms with E-state index >= 15 is 0 Å². The lowest BCUT2D eigenvalue weighted by Crippen LogP contribution is -2.52. The summed E-state index contributed by atoms with van der Waals surface area (Å²) < 4.78 is 11.0. The van der Waals surface area contributed by atoms with Gasteiger partial charge in [-0.25, -0.2) is 0 Å². The monoisotopic (exact) mass is 686 g/mol. The Hall–Kier alpha value is -1.23. The molecule has 0 bridgehead atoms. The maximum atomic E-state index is 12.7. The molecular formula is C39H75NO8.